The molecule has 1 aromatic heterocycles. The van der Waals surface area contributed by atoms with E-state index >= 15 is 0 Å². The highest BCUT2D eigenvalue weighted by atomic mass is 35.5. The summed E-state index contributed by atoms with van der Waals surface area (Å²) in [6.07, 6.45) is 3.00. The zero-order valence-corrected chi connectivity index (χ0v) is 18.4. The molecule has 1 fully saturated rings. The highest BCUT2D eigenvalue weighted by Crippen LogP contribution is 2.48. The number of nitrogens with zero attached hydrogens (tertiary/aromatic N) is 3. The predicted octanol–water partition coefficient (Wildman–Crippen LogP) is 4.48. The second kappa shape index (κ2) is 6.48. The Hall–Kier alpha value is -0.140. The van der Waals surface area contributed by atoms with Crippen LogP contribution < -0.4 is 0 Å². The molecule has 0 aromatic carbocycles. The van der Waals surface area contributed by atoms with Gasteiger partial charge in [0.1, 0.15) is 27.5 Å². The van der Waals surface area contributed by atoms with Crippen LogP contribution in [0.15, 0.2) is 4.40 Å². The van der Waals surface area contributed by atoms with E-state index in [9.17, 15) is 4.55 Å². The van der Waals surface area contributed by atoms with Crippen LogP contribution in [-0.2, 0) is 17.8 Å². The van der Waals surface area contributed by atoms with Crippen molar-refractivity contribution in [2.45, 2.75) is 71.1 Å². The first-order chi connectivity index (χ1) is 11.4. The Morgan fingerprint density at radius 3 is 2.32 bits per heavy atom. The molecule has 0 amide bonds. The molecule has 1 saturated heterocycles. The van der Waals surface area contributed by atoms with Gasteiger partial charge in [0.05, 0.1) is 0 Å². The largest absolute Gasteiger partial charge is 0.591 e. The number of likely N-dealkylation sites (tertiary alicyclic amines) is 1. The lowest BCUT2D eigenvalue weighted by molar-refractivity contribution is 0.0723. The molecule has 1 aliphatic carbocycles. The van der Waals surface area contributed by atoms with Gasteiger partial charge in [-0.3, -0.25) is 4.90 Å². The number of rotatable bonds is 1. The summed E-state index contributed by atoms with van der Waals surface area (Å²) in [5, 5.41) is 0. The van der Waals surface area contributed by atoms with Crippen molar-refractivity contribution < 1.29 is 4.55 Å². The molecule has 1 spiro atoms. The van der Waals surface area contributed by atoms with E-state index in [-0.39, 0.29) is 15.7 Å². The quantitative estimate of drug-likeness (QED) is 0.651. The first kappa shape index (κ1) is 19.6. The molecule has 0 saturated carbocycles. The van der Waals surface area contributed by atoms with Crippen molar-refractivity contribution in [2.24, 2.45) is 9.81 Å². The van der Waals surface area contributed by atoms with Gasteiger partial charge in [-0.15, -0.1) is 11.3 Å². The molecule has 7 heteroatoms. The van der Waals surface area contributed by atoms with E-state index in [4.69, 9.17) is 16.0 Å². The number of hydrogen-bond acceptors (Lipinski definition) is 5. The molecule has 140 valence electrons. The number of aromatic nitrogens is 1. The van der Waals surface area contributed by atoms with Crippen LogP contribution in [0.4, 0.5) is 0 Å². The van der Waals surface area contributed by atoms with E-state index < -0.39 is 11.4 Å². The Bertz CT molecular complexity index is 679. The summed E-state index contributed by atoms with van der Waals surface area (Å²) in [6, 6.07) is 0. The van der Waals surface area contributed by atoms with Gasteiger partial charge in [0.25, 0.3) is 0 Å². The SMILES string of the molecule is CC(C)(C)N1CCC2(CC1)Cc1sc(Cl)nc1C2=N[S+]([O-])C(C)(C)C. The minimum atomic E-state index is -1.28. The van der Waals surface area contributed by atoms with Crippen molar-refractivity contribution >= 4 is 40.0 Å². The molecule has 0 bridgehead atoms. The van der Waals surface area contributed by atoms with E-state index in [2.05, 4.69) is 30.7 Å². The van der Waals surface area contributed by atoms with Crippen LogP contribution in [0.25, 0.3) is 0 Å². The molecule has 2 heterocycles. The Morgan fingerprint density at radius 2 is 1.80 bits per heavy atom. The maximum Gasteiger partial charge on any atom is 0.184 e. The third-order valence-corrected chi connectivity index (χ3v) is 7.82. The van der Waals surface area contributed by atoms with E-state index in [0.717, 1.165) is 43.8 Å². The Balaban J connectivity index is 1.94. The van der Waals surface area contributed by atoms with Crippen LogP contribution in [-0.4, -0.2) is 43.5 Å². The van der Waals surface area contributed by atoms with E-state index in [1.54, 1.807) is 11.3 Å². The zero-order chi connectivity index (χ0) is 18.6. The Morgan fingerprint density at radius 1 is 1.20 bits per heavy atom. The fourth-order valence-electron chi connectivity index (χ4n) is 3.65. The molecule has 0 radical (unpaired) electrons. The standard InChI is InChI=1S/C18H28ClN3OS2/c1-16(2,3)22-9-7-18(8-10-22)11-12-13(20-15(19)24-12)14(18)21-25(23)17(4,5)6/h7-11H2,1-6H3. The molecule has 1 aliphatic heterocycles. The van der Waals surface area contributed by atoms with Crippen LogP contribution >= 0.6 is 22.9 Å². The molecular formula is C18H28ClN3OS2. The van der Waals surface area contributed by atoms with Crippen molar-refractivity contribution in [1.29, 1.82) is 0 Å². The Labute approximate surface area is 163 Å². The number of piperidine rings is 1. The summed E-state index contributed by atoms with van der Waals surface area (Å²) in [4.78, 5) is 8.27. The van der Waals surface area contributed by atoms with Crippen LogP contribution in [0.3, 0.4) is 0 Å². The zero-order valence-electron chi connectivity index (χ0n) is 16.0. The van der Waals surface area contributed by atoms with E-state index in [1.807, 2.05) is 20.8 Å². The lowest BCUT2D eigenvalue weighted by Crippen LogP contribution is -2.51. The summed E-state index contributed by atoms with van der Waals surface area (Å²) in [5.74, 6) is 0. The van der Waals surface area contributed by atoms with Crippen LogP contribution in [0, 0.1) is 5.41 Å². The molecule has 1 unspecified atom stereocenters. The number of halogens is 1. The van der Waals surface area contributed by atoms with Crippen molar-refractivity contribution in [3.05, 3.63) is 15.0 Å². The molecule has 25 heavy (non-hydrogen) atoms. The molecule has 2 aliphatic rings. The minimum Gasteiger partial charge on any atom is -0.591 e. The smallest absolute Gasteiger partial charge is 0.184 e. The number of hydrogen-bond donors (Lipinski definition) is 0. The van der Waals surface area contributed by atoms with Gasteiger partial charge in [0, 0.05) is 15.8 Å². The molecule has 1 atom stereocenters. The second-order valence-corrected chi connectivity index (χ2v) is 12.7. The predicted molar refractivity (Wildman–Crippen MR) is 108 cm³/mol. The van der Waals surface area contributed by atoms with Crippen LogP contribution in [0.2, 0.25) is 4.47 Å². The van der Waals surface area contributed by atoms with Gasteiger partial charge < -0.3 is 4.55 Å². The highest BCUT2D eigenvalue weighted by molar-refractivity contribution is 7.91. The summed E-state index contributed by atoms with van der Waals surface area (Å²) in [5.41, 5.74) is 1.99. The summed E-state index contributed by atoms with van der Waals surface area (Å²) >= 11 is 6.42. The normalized spacial score (nSPS) is 24.1. The maximum atomic E-state index is 12.7. The lowest BCUT2D eigenvalue weighted by atomic mass is 9.74. The summed E-state index contributed by atoms with van der Waals surface area (Å²) in [7, 11) is 0. The number of thiazole rings is 1. The van der Waals surface area contributed by atoms with Gasteiger partial charge in [0.2, 0.25) is 0 Å². The van der Waals surface area contributed by atoms with Gasteiger partial charge >= 0.3 is 0 Å². The van der Waals surface area contributed by atoms with E-state index in [0.29, 0.717) is 4.47 Å². The summed E-state index contributed by atoms with van der Waals surface area (Å²) in [6.45, 7) is 14.8. The van der Waals surface area contributed by atoms with Crippen LogP contribution in [0.5, 0.6) is 0 Å². The third kappa shape index (κ3) is 3.79. The second-order valence-electron chi connectivity index (χ2n) is 9.16. The van der Waals surface area contributed by atoms with Gasteiger partial charge in [-0.05, 0) is 73.9 Å². The topological polar surface area (TPSA) is 51.5 Å². The summed E-state index contributed by atoms with van der Waals surface area (Å²) < 4.78 is 17.6. The number of fused-ring (bicyclic) bond motifs is 1. The average molecular weight is 402 g/mol. The van der Waals surface area contributed by atoms with Crippen LogP contribution in [0.1, 0.15) is 65.0 Å². The van der Waals surface area contributed by atoms with Gasteiger partial charge in [-0.1, -0.05) is 16.0 Å². The highest BCUT2D eigenvalue weighted by Gasteiger charge is 2.50. The van der Waals surface area contributed by atoms with E-state index in [1.165, 1.54) is 4.88 Å². The monoisotopic (exact) mass is 401 g/mol. The molecule has 1 aromatic rings. The first-order valence-corrected chi connectivity index (χ1v) is 11.1. The first-order valence-electron chi connectivity index (χ1n) is 8.84. The minimum absolute atomic E-state index is 0.0264. The fraction of sp³-hybridized carbons (Fsp3) is 0.778. The van der Waals surface area contributed by atoms with Crippen molar-refractivity contribution in [2.75, 3.05) is 13.1 Å². The average Bonchev–Trinajstić information content (AvgIpc) is 2.93. The Kier molecular flexibility index (Phi) is 5.09. The fourth-order valence-corrected chi connectivity index (χ4v) is 5.66. The van der Waals surface area contributed by atoms with Gasteiger partial charge in [-0.2, -0.15) is 0 Å². The molecule has 3 rings (SSSR count). The maximum absolute atomic E-state index is 12.7. The molecule has 4 nitrogen and oxygen atoms in total. The van der Waals surface area contributed by atoms with Crippen molar-refractivity contribution in [1.82, 2.24) is 9.88 Å². The van der Waals surface area contributed by atoms with Crippen molar-refractivity contribution in [3.63, 3.8) is 0 Å². The van der Waals surface area contributed by atoms with Crippen molar-refractivity contribution in [3.8, 4) is 0 Å². The third-order valence-electron chi connectivity index (χ3n) is 5.26. The lowest BCUT2D eigenvalue weighted by Gasteiger charge is -2.45. The van der Waals surface area contributed by atoms with Gasteiger partial charge in [-0.25, -0.2) is 4.98 Å². The molecular weight excluding hydrogens is 374 g/mol. The van der Waals surface area contributed by atoms with Gasteiger partial charge in [0.15, 0.2) is 4.47 Å². The molecule has 0 N–H and O–H groups in total.